The van der Waals surface area contributed by atoms with E-state index in [9.17, 15) is 5.11 Å². The summed E-state index contributed by atoms with van der Waals surface area (Å²) in [5.41, 5.74) is 0. The summed E-state index contributed by atoms with van der Waals surface area (Å²) in [6.45, 7) is 2.94. The summed E-state index contributed by atoms with van der Waals surface area (Å²) in [4.78, 5) is 0. The van der Waals surface area contributed by atoms with Crippen LogP contribution in [0.4, 0.5) is 0 Å². The molecule has 2 aliphatic carbocycles. The second-order valence-corrected chi connectivity index (χ2v) is 5.44. The van der Waals surface area contributed by atoms with E-state index < -0.39 is 0 Å². The minimum Gasteiger partial charge on any atom is -0.393 e. The lowest BCUT2D eigenvalue weighted by Crippen LogP contribution is -2.22. The first-order valence-electron chi connectivity index (χ1n) is 6.42. The van der Waals surface area contributed by atoms with Gasteiger partial charge in [0.2, 0.25) is 0 Å². The Bertz CT molecular complexity index is 193. The number of ether oxygens (including phenoxy) is 1. The van der Waals surface area contributed by atoms with Gasteiger partial charge in [0.1, 0.15) is 0 Å². The molecule has 0 saturated heterocycles. The summed E-state index contributed by atoms with van der Waals surface area (Å²) in [5, 5.41) is 10.3. The summed E-state index contributed by atoms with van der Waals surface area (Å²) in [7, 11) is 1.73. The highest BCUT2D eigenvalue weighted by Crippen LogP contribution is 2.58. The molecule has 2 rings (SSSR count). The summed E-state index contributed by atoms with van der Waals surface area (Å²) in [6, 6.07) is 0. The minimum atomic E-state index is -0.0757. The third-order valence-corrected chi connectivity index (χ3v) is 4.48. The summed E-state index contributed by atoms with van der Waals surface area (Å²) >= 11 is 0. The Balaban J connectivity index is 1.78. The first-order chi connectivity index (χ1) is 7.25. The van der Waals surface area contributed by atoms with Crippen LogP contribution in [0.3, 0.4) is 0 Å². The second kappa shape index (κ2) is 4.84. The number of hydrogen-bond acceptors (Lipinski definition) is 2. The van der Waals surface area contributed by atoms with Gasteiger partial charge in [-0.05, 0) is 42.9 Å². The largest absolute Gasteiger partial charge is 0.393 e. The number of aliphatic hydroxyl groups excluding tert-OH is 1. The molecular weight excluding hydrogens is 188 g/mol. The number of aliphatic hydroxyl groups is 1. The van der Waals surface area contributed by atoms with Gasteiger partial charge in [-0.15, -0.1) is 0 Å². The van der Waals surface area contributed by atoms with E-state index in [1.54, 1.807) is 7.11 Å². The summed E-state index contributed by atoms with van der Waals surface area (Å²) < 4.78 is 5.07. The smallest absolute Gasteiger partial charge is 0.0600 e. The van der Waals surface area contributed by atoms with Crippen molar-refractivity contribution >= 4 is 0 Å². The molecule has 1 N–H and O–H groups in total. The topological polar surface area (TPSA) is 29.5 Å². The first kappa shape index (κ1) is 11.4. The van der Waals surface area contributed by atoms with Crippen LogP contribution in [0, 0.1) is 23.7 Å². The Morgan fingerprint density at radius 1 is 1.27 bits per heavy atom. The zero-order valence-corrected chi connectivity index (χ0v) is 9.98. The second-order valence-electron chi connectivity index (χ2n) is 5.44. The molecule has 2 saturated carbocycles. The third kappa shape index (κ3) is 2.36. The van der Waals surface area contributed by atoms with Gasteiger partial charge in [0.15, 0.2) is 0 Å². The molecule has 2 heteroatoms. The van der Waals surface area contributed by atoms with Crippen LogP contribution in [-0.2, 0) is 4.74 Å². The lowest BCUT2D eigenvalue weighted by molar-refractivity contribution is 0.0646. The van der Waals surface area contributed by atoms with Crippen LogP contribution in [0.25, 0.3) is 0 Å². The molecule has 15 heavy (non-hydrogen) atoms. The maximum absolute atomic E-state index is 10.3. The fourth-order valence-electron chi connectivity index (χ4n) is 3.41. The van der Waals surface area contributed by atoms with Crippen molar-refractivity contribution in [2.75, 3.05) is 13.7 Å². The number of hydrogen-bond donors (Lipinski definition) is 1. The van der Waals surface area contributed by atoms with Crippen LogP contribution in [0.5, 0.6) is 0 Å². The van der Waals surface area contributed by atoms with Crippen LogP contribution in [0.2, 0.25) is 0 Å². The Kier molecular flexibility index (Phi) is 3.68. The van der Waals surface area contributed by atoms with Crippen LogP contribution in [0.15, 0.2) is 0 Å². The molecule has 4 atom stereocenters. The molecule has 0 bridgehead atoms. The maximum Gasteiger partial charge on any atom is 0.0600 e. The molecule has 0 radical (unpaired) electrons. The van der Waals surface area contributed by atoms with E-state index in [1.807, 2.05) is 0 Å². The molecule has 2 fully saturated rings. The van der Waals surface area contributed by atoms with Crippen LogP contribution in [0.1, 0.15) is 39.0 Å². The number of rotatable bonds is 5. The minimum absolute atomic E-state index is 0.0757. The van der Waals surface area contributed by atoms with E-state index in [-0.39, 0.29) is 6.10 Å². The van der Waals surface area contributed by atoms with Crippen LogP contribution in [-0.4, -0.2) is 24.9 Å². The molecule has 4 unspecified atom stereocenters. The molecular formula is C13H24O2. The summed E-state index contributed by atoms with van der Waals surface area (Å²) in [5.74, 6) is 2.75. The fourth-order valence-corrected chi connectivity index (χ4v) is 3.41. The van der Waals surface area contributed by atoms with Crippen molar-refractivity contribution in [2.45, 2.75) is 45.1 Å². The zero-order chi connectivity index (χ0) is 10.8. The van der Waals surface area contributed by atoms with Crippen molar-refractivity contribution in [3.8, 4) is 0 Å². The van der Waals surface area contributed by atoms with E-state index in [4.69, 9.17) is 4.74 Å². The monoisotopic (exact) mass is 212 g/mol. The molecule has 0 aromatic rings. The lowest BCUT2D eigenvalue weighted by Gasteiger charge is -2.18. The fraction of sp³-hybridized carbons (Fsp3) is 1.00. The van der Waals surface area contributed by atoms with Crippen molar-refractivity contribution in [3.05, 3.63) is 0 Å². The maximum atomic E-state index is 10.3. The van der Waals surface area contributed by atoms with E-state index in [1.165, 1.54) is 25.7 Å². The Hall–Kier alpha value is -0.0800. The third-order valence-electron chi connectivity index (χ3n) is 4.48. The van der Waals surface area contributed by atoms with Gasteiger partial charge in [0.25, 0.3) is 0 Å². The van der Waals surface area contributed by atoms with Crippen molar-refractivity contribution in [1.29, 1.82) is 0 Å². The van der Waals surface area contributed by atoms with Crippen molar-refractivity contribution < 1.29 is 9.84 Å². The van der Waals surface area contributed by atoms with E-state index in [0.29, 0.717) is 11.8 Å². The SMILES string of the molecule is COCCC(C)C(O)C1C2CCCCC21. The van der Waals surface area contributed by atoms with Gasteiger partial charge < -0.3 is 9.84 Å². The van der Waals surface area contributed by atoms with Gasteiger partial charge in [0.05, 0.1) is 6.10 Å². The van der Waals surface area contributed by atoms with Crippen molar-refractivity contribution in [2.24, 2.45) is 23.7 Å². The van der Waals surface area contributed by atoms with E-state index >= 15 is 0 Å². The van der Waals surface area contributed by atoms with Gasteiger partial charge in [-0.1, -0.05) is 19.8 Å². The van der Waals surface area contributed by atoms with Crippen molar-refractivity contribution in [1.82, 2.24) is 0 Å². The Morgan fingerprint density at radius 2 is 1.87 bits per heavy atom. The van der Waals surface area contributed by atoms with Gasteiger partial charge >= 0.3 is 0 Å². The average molecular weight is 212 g/mol. The quantitative estimate of drug-likeness (QED) is 0.758. The van der Waals surface area contributed by atoms with Crippen LogP contribution >= 0.6 is 0 Å². The molecule has 88 valence electrons. The first-order valence-corrected chi connectivity index (χ1v) is 6.42. The highest BCUT2D eigenvalue weighted by molar-refractivity contribution is 5.03. The number of fused-ring (bicyclic) bond motifs is 1. The summed E-state index contributed by atoms with van der Waals surface area (Å²) in [6.07, 6.45) is 6.42. The molecule has 0 aromatic heterocycles. The predicted octanol–water partition coefficient (Wildman–Crippen LogP) is 2.46. The molecule has 0 aromatic carbocycles. The van der Waals surface area contributed by atoms with Crippen molar-refractivity contribution in [3.63, 3.8) is 0 Å². The molecule has 0 aliphatic heterocycles. The number of methoxy groups -OCH3 is 1. The highest BCUT2D eigenvalue weighted by Gasteiger charge is 2.54. The predicted molar refractivity (Wildman–Crippen MR) is 60.6 cm³/mol. The normalized spacial score (nSPS) is 38.2. The Labute approximate surface area is 93.0 Å². The van der Waals surface area contributed by atoms with Gasteiger partial charge in [-0.25, -0.2) is 0 Å². The molecule has 0 amide bonds. The van der Waals surface area contributed by atoms with E-state index in [2.05, 4.69) is 6.92 Å². The Morgan fingerprint density at radius 3 is 2.40 bits per heavy atom. The standard InChI is InChI=1S/C13H24O2/c1-9(7-8-15-2)13(14)12-10-5-3-4-6-11(10)12/h9-14H,3-8H2,1-2H3. The van der Waals surface area contributed by atoms with Crippen LogP contribution < -0.4 is 0 Å². The highest BCUT2D eigenvalue weighted by atomic mass is 16.5. The molecule has 2 nitrogen and oxygen atoms in total. The molecule has 0 heterocycles. The average Bonchev–Trinajstić information content (AvgIpc) is 2.99. The zero-order valence-electron chi connectivity index (χ0n) is 9.98. The van der Waals surface area contributed by atoms with Gasteiger partial charge in [-0.3, -0.25) is 0 Å². The van der Waals surface area contributed by atoms with Gasteiger partial charge in [0, 0.05) is 13.7 Å². The molecule has 0 spiro atoms. The molecule has 2 aliphatic rings. The van der Waals surface area contributed by atoms with Gasteiger partial charge in [-0.2, -0.15) is 0 Å². The lowest BCUT2D eigenvalue weighted by atomic mass is 9.95. The van der Waals surface area contributed by atoms with E-state index in [0.717, 1.165) is 24.9 Å².